The van der Waals surface area contributed by atoms with Crippen molar-refractivity contribution in [3.8, 4) is 0 Å². The highest BCUT2D eigenvalue weighted by atomic mass is 32.1. The number of ketones is 1. The maximum absolute atomic E-state index is 14.0. The lowest BCUT2D eigenvalue weighted by atomic mass is 9.83. The Bertz CT molecular complexity index is 1150. The van der Waals surface area contributed by atoms with Crippen molar-refractivity contribution in [2.45, 2.75) is 96.7 Å². The molecule has 4 rings (SSSR count). The fraction of sp³-hybridized carbons (Fsp3) is 0.600. The number of hydrogen-bond acceptors (Lipinski definition) is 6. The standard InChI is InChI=1S/C30H42N4O3S/c1-18(2)22-14-19(3)15-23(16-22)27(35)24-17-38-29(32-24)25-12-9-13-34(25)30(37)26(21-10-7-6-8-11-21)33-28(36)20(4)31-5/h14-18,20-21,25-26,31H,6-13H2,1-5H3,(H,33,36)/t20-,25-,26-/m0/s1. The molecule has 8 heteroatoms. The van der Waals surface area contributed by atoms with Gasteiger partial charge in [0.2, 0.25) is 17.6 Å². The van der Waals surface area contributed by atoms with Crippen LogP contribution in [0.3, 0.4) is 0 Å². The largest absolute Gasteiger partial charge is 0.343 e. The molecule has 2 aromatic rings. The fourth-order valence-corrected chi connectivity index (χ4v) is 6.64. The van der Waals surface area contributed by atoms with Gasteiger partial charge < -0.3 is 15.5 Å². The molecule has 1 saturated heterocycles. The molecule has 1 aromatic heterocycles. The first-order chi connectivity index (χ1) is 18.2. The molecule has 1 aliphatic carbocycles. The van der Waals surface area contributed by atoms with E-state index in [1.54, 1.807) is 7.05 Å². The van der Waals surface area contributed by atoms with Crippen LogP contribution < -0.4 is 10.6 Å². The normalized spacial score (nSPS) is 19.9. The number of likely N-dealkylation sites (N-methyl/N-ethyl adjacent to an activating group) is 1. The molecule has 1 saturated carbocycles. The first-order valence-electron chi connectivity index (χ1n) is 14.1. The lowest BCUT2D eigenvalue weighted by Crippen LogP contribution is -2.55. The summed E-state index contributed by atoms with van der Waals surface area (Å²) in [6, 6.07) is 4.95. The Hall–Kier alpha value is -2.58. The van der Waals surface area contributed by atoms with Crippen LogP contribution in [0.5, 0.6) is 0 Å². The number of nitrogens with one attached hydrogen (secondary N) is 2. The summed E-state index contributed by atoms with van der Waals surface area (Å²) in [4.78, 5) is 46.8. The van der Waals surface area contributed by atoms with Gasteiger partial charge in [-0.1, -0.05) is 44.7 Å². The average Bonchev–Trinajstić information content (AvgIpc) is 3.60. The summed E-state index contributed by atoms with van der Waals surface area (Å²) in [6.07, 6.45) is 6.96. The predicted molar refractivity (Wildman–Crippen MR) is 152 cm³/mol. The molecular formula is C30H42N4O3S. The van der Waals surface area contributed by atoms with Gasteiger partial charge in [-0.25, -0.2) is 4.98 Å². The Morgan fingerprint density at radius 3 is 2.45 bits per heavy atom. The summed E-state index contributed by atoms with van der Waals surface area (Å²) in [7, 11) is 1.75. The highest BCUT2D eigenvalue weighted by Crippen LogP contribution is 2.36. The van der Waals surface area contributed by atoms with Gasteiger partial charge in [0, 0.05) is 17.5 Å². The number of hydrogen-bond donors (Lipinski definition) is 2. The van der Waals surface area contributed by atoms with E-state index in [0.717, 1.165) is 54.7 Å². The van der Waals surface area contributed by atoms with Crippen LogP contribution in [0.25, 0.3) is 0 Å². The number of carbonyl (C=O) groups is 3. The van der Waals surface area contributed by atoms with Crippen molar-refractivity contribution in [2.75, 3.05) is 13.6 Å². The molecule has 2 fully saturated rings. The summed E-state index contributed by atoms with van der Waals surface area (Å²) in [5, 5.41) is 8.69. The molecule has 2 amide bonds. The van der Waals surface area contributed by atoms with Gasteiger partial charge in [0.15, 0.2) is 0 Å². The van der Waals surface area contributed by atoms with Gasteiger partial charge in [0.1, 0.15) is 16.7 Å². The summed E-state index contributed by atoms with van der Waals surface area (Å²) in [6.45, 7) is 8.71. The molecule has 0 spiro atoms. The molecule has 1 aromatic carbocycles. The highest BCUT2D eigenvalue weighted by molar-refractivity contribution is 7.10. The van der Waals surface area contributed by atoms with Crippen LogP contribution in [-0.2, 0) is 9.59 Å². The van der Waals surface area contributed by atoms with E-state index < -0.39 is 6.04 Å². The lowest BCUT2D eigenvalue weighted by Gasteiger charge is -2.35. The minimum Gasteiger partial charge on any atom is -0.343 e. The molecule has 2 aliphatic rings. The zero-order valence-electron chi connectivity index (χ0n) is 23.4. The number of likely N-dealkylation sites (tertiary alicyclic amines) is 1. The van der Waals surface area contributed by atoms with Crippen LogP contribution in [0.4, 0.5) is 0 Å². The molecular weight excluding hydrogens is 496 g/mol. The zero-order valence-corrected chi connectivity index (χ0v) is 24.2. The van der Waals surface area contributed by atoms with E-state index in [1.165, 1.54) is 17.8 Å². The van der Waals surface area contributed by atoms with Crippen molar-refractivity contribution in [3.05, 3.63) is 51.0 Å². The van der Waals surface area contributed by atoms with E-state index in [1.807, 2.05) is 36.3 Å². The third-order valence-corrected chi connectivity index (χ3v) is 9.06. The Morgan fingerprint density at radius 1 is 1.03 bits per heavy atom. The quantitative estimate of drug-likeness (QED) is 0.431. The van der Waals surface area contributed by atoms with Crippen molar-refractivity contribution < 1.29 is 14.4 Å². The Morgan fingerprint density at radius 2 is 1.76 bits per heavy atom. The summed E-state index contributed by atoms with van der Waals surface area (Å²) >= 11 is 1.45. The molecule has 7 nitrogen and oxygen atoms in total. The van der Waals surface area contributed by atoms with Crippen LogP contribution in [0, 0.1) is 12.8 Å². The second-order valence-electron chi connectivity index (χ2n) is 11.3. The topological polar surface area (TPSA) is 91.4 Å². The molecule has 2 heterocycles. The van der Waals surface area contributed by atoms with Crippen LogP contribution in [0.2, 0.25) is 0 Å². The van der Waals surface area contributed by atoms with E-state index in [0.29, 0.717) is 23.7 Å². The van der Waals surface area contributed by atoms with Crippen molar-refractivity contribution in [3.63, 3.8) is 0 Å². The zero-order chi connectivity index (χ0) is 27.4. The first kappa shape index (κ1) is 28.4. The molecule has 1 aliphatic heterocycles. The number of nitrogens with zero attached hydrogens (tertiary/aromatic N) is 2. The van der Waals surface area contributed by atoms with E-state index in [-0.39, 0.29) is 35.6 Å². The van der Waals surface area contributed by atoms with E-state index >= 15 is 0 Å². The van der Waals surface area contributed by atoms with Gasteiger partial charge >= 0.3 is 0 Å². The van der Waals surface area contributed by atoms with Crippen molar-refractivity contribution in [1.29, 1.82) is 0 Å². The fourth-order valence-electron chi connectivity index (χ4n) is 5.69. The number of thiazole rings is 1. The van der Waals surface area contributed by atoms with Gasteiger partial charge in [-0.2, -0.15) is 0 Å². The van der Waals surface area contributed by atoms with E-state index in [9.17, 15) is 14.4 Å². The molecule has 0 bridgehead atoms. The van der Waals surface area contributed by atoms with Gasteiger partial charge in [0.05, 0.1) is 12.1 Å². The number of aromatic nitrogens is 1. The van der Waals surface area contributed by atoms with Crippen LogP contribution in [0.15, 0.2) is 23.6 Å². The van der Waals surface area contributed by atoms with E-state index in [4.69, 9.17) is 4.98 Å². The van der Waals surface area contributed by atoms with Crippen molar-refractivity contribution in [2.24, 2.45) is 5.92 Å². The number of aryl methyl sites for hydroxylation is 1. The Kier molecular flexibility index (Phi) is 9.36. The van der Waals surface area contributed by atoms with Crippen LogP contribution in [0.1, 0.15) is 110 Å². The minimum absolute atomic E-state index is 0.0145. The van der Waals surface area contributed by atoms with Gasteiger partial charge in [-0.15, -0.1) is 11.3 Å². The third-order valence-electron chi connectivity index (χ3n) is 8.12. The number of benzene rings is 1. The molecule has 2 N–H and O–H groups in total. The molecule has 38 heavy (non-hydrogen) atoms. The number of amides is 2. The number of carbonyl (C=O) groups excluding carboxylic acids is 3. The molecule has 3 atom stereocenters. The maximum Gasteiger partial charge on any atom is 0.246 e. The maximum atomic E-state index is 14.0. The minimum atomic E-state index is -0.526. The second-order valence-corrected chi connectivity index (χ2v) is 12.2. The summed E-state index contributed by atoms with van der Waals surface area (Å²) < 4.78 is 0. The van der Waals surface area contributed by atoms with E-state index in [2.05, 4.69) is 30.5 Å². The number of rotatable bonds is 9. The SMILES string of the molecule is CN[C@@H](C)C(=O)N[C@H](C(=O)N1CCC[C@H]1c1nc(C(=O)c2cc(C)cc(C(C)C)c2)cs1)C1CCCCC1. The monoisotopic (exact) mass is 538 g/mol. The smallest absolute Gasteiger partial charge is 0.246 e. The van der Waals surface area contributed by atoms with Gasteiger partial charge in [0.25, 0.3) is 0 Å². The van der Waals surface area contributed by atoms with Crippen LogP contribution in [-0.4, -0.2) is 53.2 Å². The van der Waals surface area contributed by atoms with Crippen LogP contribution >= 0.6 is 11.3 Å². The lowest BCUT2D eigenvalue weighted by molar-refractivity contribution is -0.139. The molecule has 0 radical (unpaired) electrons. The Labute approximate surface area is 230 Å². The van der Waals surface area contributed by atoms with Crippen molar-refractivity contribution >= 4 is 28.9 Å². The molecule has 206 valence electrons. The first-order valence-corrected chi connectivity index (χ1v) is 15.0. The third kappa shape index (κ3) is 6.34. The highest BCUT2D eigenvalue weighted by Gasteiger charge is 2.40. The van der Waals surface area contributed by atoms with Gasteiger partial charge in [-0.3, -0.25) is 14.4 Å². The second kappa shape index (κ2) is 12.5. The van der Waals surface area contributed by atoms with Gasteiger partial charge in [-0.05, 0) is 76.1 Å². The average molecular weight is 539 g/mol. The van der Waals surface area contributed by atoms with Crippen molar-refractivity contribution in [1.82, 2.24) is 20.5 Å². The summed E-state index contributed by atoms with van der Waals surface area (Å²) in [5.74, 6) is 0.240. The molecule has 0 unspecified atom stereocenters. The summed E-state index contributed by atoms with van der Waals surface area (Å²) in [5.41, 5.74) is 3.29. The Balaban J connectivity index is 1.55. The predicted octanol–water partition coefficient (Wildman–Crippen LogP) is 5.14.